The summed E-state index contributed by atoms with van der Waals surface area (Å²) in [6.45, 7) is 5.22. The van der Waals surface area contributed by atoms with Crippen molar-refractivity contribution in [2.24, 2.45) is 5.92 Å². The maximum Gasteiger partial charge on any atom is 0.195 e. The number of aromatic nitrogens is 3. The second kappa shape index (κ2) is 4.06. The van der Waals surface area contributed by atoms with Gasteiger partial charge < -0.3 is 9.67 Å². The Kier molecular flexibility index (Phi) is 2.93. The molecule has 1 aliphatic rings. The second-order valence-corrected chi connectivity index (χ2v) is 5.10. The smallest absolute Gasteiger partial charge is 0.195 e. The number of rotatable bonds is 3. The van der Waals surface area contributed by atoms with Crippen LogP contribution in [-0.4, -0.2) is 26.0 Å². The Hall–Kier alpha value is -0.680. The predicted octanol–water partition coefficient (Wildman–Crippen LogP) is 1.83. The van der Waals surface area contributed by atoms with Crippen molar-refractivity contribution >= 4 is 12.2 Å². The molecule has 1 aromatic heterocycles. The van der Waals surface area contributed by atoms with E-state index in [1.54, 1.807) is 0 Å². The van der Waals surface area contributed by atoms with Gasteiger partial charge in [-0.3, -0.25) is 5.10 Å². The molecular weight excluding hydrogens is 210 g/mol. The molecule has 1 fully saturated rings. The van der Waals surface area contributed by atoms with Gasteiger partial charge in [0.1, 0.15) is 5.82 Å². The van der Waals surface area contributed by atoms with E-state index in [1.165, 1.54) is 0 Å². The molecule has 0 unspecified atom stereocenters. The topological polar surface area (TPSA) is 53.8 Å². The molecule has 1 heterocycles. The zero-order valence-electron chi connectivity index (χ0n) is 9.10. The molecule has 2 N–H and O–H groups in total. The van der Waals surface area contributed by atoms with Gasteiger partial charge in [-0.15, -0.1) is 0 Å². The fourth-order valence-electron chi connectivity index (χ4n) is 1.98. The van der Waals surface area contributed by atoms with E-state index in [4.69, 9.17) is 12.2 Å². The summed E-state index contributed by atoms with van der Waals surface area (Å²) >= 11 is 5.19. The Labute approximate surface area is 94.3 Å². The number of aliphatic hydroxyl groups is 1. The minimum Gasteiger partial charge on any atom is -0.393 e. The molecule has 1 aromatic rings. The zero-order chi connectivity index (χ0) is 11.0. The van der Waals surface area contributed by atoms with Crippen molar-refractivity contribution in [2.75, 3.05) is 0 Å². The summed E-state index contributed by atoms with van der Waals surface area (Å²) < 4.78 is 2.76. The molecule has 1 saturated carbocycles. The number of nitrogens with one attached hydrogen (secondary N) is 1. The van der Waals surface area contributed by atoms with E-state index >= 15 is 0 Å². The lowest BCUT2D eigenvalue weighted by molar-refractivity contribution is 0.0700. The van der Waals surface area contributed by atoms with Crippen LogP contribution in [0.2, 0.25) is 0 Å². The summed E-state index contributed by atoms with van der Waals surface area (Å²) in [4.78, 5) is 0. The van der Waals surface area contributed by atoms with Gasteiger partial charge in [-0.25, -0.2) is 0 Å². The SMILES string of the molecule is CC(C)Cn1c(C2CC(O)C2)n[nH]c1=S. The van der Waals surface area contributed by atoms with E-state index in [2.05, 4.69) is 28.6 Å². The lowest BCUT2D eigenvalue weighted by Crippen LogP contribution is -2.29. The third-order valence-corrected chi connectivity index (χ3v) is 3.13. The molecule has 2 rings (SSSR count). The van der Waals surface area contributed by atoms with Crippen molar-refractivity contribution in [1.29, 1.82) is 0 Å². The van der Waals surface area contributed by atoms with Gasteiger partial charge in [-0.05, 0) is 31.0 Å². The lowest BCUT2D eigenvalue weighted by atomic mass is 9.82. The summed E-state index contributed by atoms with van der Waals surface area (Å²) in [5, 5.41) is 16.4. The maximum absolute atomic E-state index is 9.29. The van der Waals surface area contributed by atoms with Crippen LogP contribution in [0.4, 0.5) is 0 Å². The van der Waals surface area contributed by atoms with Gasteiger partial charge in [0.05, 0.1) is 6.10 Å². The highest BCUT2D eigenvalue weighted by Gasteiger charge is 2.32. The highest BCUT2D eigenvalue weighted by molar-refractivity contribution is 7.71. The van der Waals surface area contributed by atoms with Crippen molar-refractivity contribution in [2.45, 2.75) is 45.3 Å². The summed E-state index contributed by atoms with van der Waals surface area (Å²) in [5.74, 6) is 1.95. The average molecular weight is 227 g/mol. The molecule has 4 nitrogen and oxygen atoms in total. The highest BCUT2D eigenvalue weighted by atomic mass is 32.1. The second-order valence-electron chi connectivity index (χ2n) is 4.71. The van der Waals surface area contributed by atoms with E-state index in [9.17, 15) is 5.11 Å². The van der Waals surface area contributed by atoms with E-state index in [0.717, 1.165) is 25.2 Å². The monoisotopic (exact) mass is 227 g/mol. The van der Waals surface area contributed by atoms with Crippen LogP contribution < -0.4 is 0 Å². The van der Waals surface area contributed by atoms with Crippen LogP contribution in [-0.2, 0) is 6.54 Å². The molecule has 15 heavy (non-hydrogen) atoms. The van der Waals surface area contributed by atoms with Crippen LogP contribution in [0, 0.1) is 10.7 Å². The molecule has 0 saturated heterocycles. The number of aromatic amines is 1. The Morgan fingerprint density at radius 1 is 1.60 bits per heavy atom. The molecule has 0 atom stereocenters. The van der Waals surface area contributed by atoms with Gasteiger partial charge in [0.2, 0.25) is 0 Å². The molecule has 0 bridgehead atoms. The van der Waals surface area contributed by atoms with E-state index in [0.29, 0.717) is 16.6 Å². The third-order valence-electron chi connectivity index (χ3n) is 2.81. The largest absolute Gasteiger partial charge is 0.393 e. The van der Waals surface area contributed by atoms with Crippen molar-refractivity contribution in [1.82, 2.24) is 14.8 Å². The summed E-state index contributed by atoms with van der Waals surface area (Å²) in [5.41, 5.74) is 0. The number of hydrogen-bond acceptors (Lipinski definition) is 3. The maximum atomic E-state index is 9.29. The minimum atomic E-state index is -0.146. The molecule has 0 spiro atoms. The molecular formula is C10H17N3OS. The van der Waals surface area contributed by atoms with Crippen LogP contribution in [0.5, 0.6) is 0 Å². The fraction of sp³-hybridized carbons (Fsp3) is 0.800. The third kappa shape index (κ3) is 2.13. The Balaban J connectivity index is 2.20. The molecule has 5 heteroatoms. The standard InChI is InChI=1S/C10H17N3OS/c1-6(2)5-13-9(11-12-10(13)15)7-3-8(14)4-7/h6-8,14H,3-5H2,1-2H3,(H,12,15). The lowest BCUT2D eigenvalue weighted by Gasteiger charge is -2.30. The molecule has 0 aliphatic heterocycles. The van der Waals surface area contributed by atoms with E-state index < -0.39 is 0 Å². The average Bonchev–Trinajstić information content (AvgIpc) is 2.43. The first-order chi connectivity index (χ1) is 7.08. The Morgan fingerprint density at radius 2 is 2.27 bits per heavy atom. The number of hydrogen-bond donors (Lipinski definition) is 2. The van der Waals surface area contributed by atoms with Crippen molar-refractivity contribution < 1.29 is 5.11 Å². The normalized spacial score (nSPS) is 25.6. The number of aliphatic hydroxyl groups excluding tert-OH is 1. The number of H-pyrrole nitrogens is 1. The van der Waals surface area contributed by atoms with Gasteiger partial charge in [0.25, 0.3) is 0 Å². The fourth-order valence-corrected chi connectivity index (χ4v) is 2.20. The van der Waals surface area contributed by atoms with Gasteiger partial charge in [0.15, 0.2) is 4.77 Å². The van der Waals surface area contributed by atoms with Crippen LogP contribution >= 0.6 is 12.2 Å². The summed E-state index contributed by atoms with van der Waals surface area (Å²) in [6.07, 6.45) is 1.49. The van der Waals surface area contributed by atoms with E-state index in [-0.39, 0.29) is 6.10 Å². The Bertz CT molecular complexity index is 390. The number of nitrogens with zero attached hydrogens (tertiary/aromatic N) is 2. The first-order valence-corrected chi connectivity index (χ1v) is 5.82. The molecule has 84 valence electrons. The van der Waals surface area contributed by atoms with Crippen molar-refractivity contribution in [3.63, 3.8) is 0 Å². The van der Waals surface area contributed by atoms with E-state index in [1.807, 2.05) is 0 Å². The quantitative estimate of drug-likeness (QED) is 0.775. The zero-order valence-corrected chi connectivity index (χ0v) is 9.92. The van der Waals surface area contributed by atoms with Crippen molar-refractivity contribution in [3.8, 4) is 0 Å². The van der Waals surface area contributed by atoms with Gasteiger partial charge in [-0.2, -0.15) is 5.10 Å². The van der Waals surface area contributed by atoms with Gasteiger partial charge in [-0.1, -0.05) is 13.8 Å². The van der Waals surface area contributed by atoms with Crippen LogP contribution in [0.25, 0.3) is 0 Å². The Morgan fingerprint density at radius 3 is 2.80 bits per heavy atom. The van der Waals surface area contributed by atoms with Crippen LogP contribution in [0.3, 0.4) is 0 Å². The van der Waals surface area contributed by atoms with Gasteiger partial charge >= 0.3 is 0 Å². The first-order valence-electron chi connectivity index (χ1n) is 5.41. The highest BCUT2D eigenvalue weighted by Crippen LogP contribution is 2.35. The summed E-state index contributed by atoms with van der Waals surface area (Å²) in [6, 6.07) is 0. The first kappa shape index (κ1) is 10.8. The van der Waals surface area contributed by atoms with Crippen LogP contribution in [0.1, 0.15) is 38.4 Å². The minimum absolute atomic E-state index is 0.146. The molecule has 1 aliphatic carbocycles. The van der Waals surface area contributed by atoms with Crippen LogP contribution in [0.15, 0.2) is 0 Å². The summed E-state index contributed by atoms with van der Waals surface area (Å²) in [7, 11) is 0. The molecule has 0 radical (unpaired) electrons. The van der Waals surface area contributed by atoms with Gasteiger partial charge in [0, 0.05) is 12.5 Å². The predicted molar refractivity (Wildman–Crippen MR) is 60.2 cm³/mol. The van der Waals surface area contributed by atoms with Crippen molar-refractivity contribution in [3.05, 3.63) is 10.6 Å². The molecule has 0 aromatic carbocycles. The molecule has 0 amide bonds.